The van der Waals surface area contributed by atoms with Gasteiger partial charge in [0.05, 0.1) is 23.9 Å². The van der Waals surface area contributed by atoms with Gasteiger partial charge in [-0.25, -0.2) is 19.6 Å². The van der Waals surface area contributed by atoms with Gasteiger partial charge in [0.25, 0.3) is 0 Å². The summed E-state index contributed by atoms with van der Waals surface area (Å²) in [5.41, 5.74) is 4.43. The van der Waals surface area contributed by atoms with E-state index in [4.69, 9.17) is 9.72 Å². The Morgan fingerprint density at radius 3 is 2.70 bits per heavy atom. The molecule has 0 aliphatic carbocycles. The van der Waals surface area contributed by atoms with Crippen molar-refractivity contribution in [1.82, 2.24) is 29.3 Å². The molecule has 1 aliphatic rings. The third kappa shape index (κ3) is 3.21. The average Bonchev–Trinajstić information content (AvgIpc) is 3.39. The Balaban J connectivity index is 1.44. The molecule has 136 valence electrons. The van der Waals surface area contributed by atoms with Crippen molar-refractivity contribution >= 4 is 11.3 Å². The fourth-order valence-corrected chi connectivity index (χ4v) is 3.52. The monoisotopic (exact) mass is 360 g/mol. The molecule has 1 fully saturated rings. The van der Waals surface area contributed by atoms with Crippen molar-refractivity contribution in [3.8, 4) is 16.9 Å². The number of fused-ring (bicyclic) bond motifs is 1. The zero-order valence-electron chi connectivity index (χ0n) is 14.9. The lowest BCUT2D eigenvalue weighted by Crippen LogP contribution is -2.20. The van der Waals surface area contributed by atoms with Crippen LogP contribution < -0.4 is 0 Å². The van der Waals surface area contributed by atoms with E-state index in [1.54, 1.807) is 12.4 Å². The Bertz CT molecular complexity index is 1030. The van der Waals surface area contributed by atoms with Crippen molar-refractivity contribution in [2.75, 3.05) is 13.2 Å². The molecule has 1 aromatic carbocycles. The summed E-state index contributed by atoms with van der Waals surface area (Å²) in [6.45, 7) is 2.60. The van der Waals surface area contributed by atoms with Gasteiger partial charge in [0.15, 0.2) is 11.3 Å². The Morgan fingerprint density at radius 2 is 1.93 bits per heavy atom. The molecule has 4 heterocycles. The summed E-state index contributed by atoms with van der Waals surface area (Å²) in [6.07, 6.45) is 9.51. The van der Waals surface area contributed by atoms with Crippen LogP contribution >= 0.6 is 0 Å². The quantitative estimate of drug-likeness (QED) is 0.559. The van der Waals surface area contributed by atoms with E-state index in [-0.39, 0.29) is 0 Å². The molecule has 0 amide bonds. The summed E-state index contributed by atoms with van der Waals surface area (Å²) in [7, 11) is 0. The molecule has 5 rings (SSSR count). The zero-order chi connectivity index (χ0) is 18.1. The van der Waals surface area contributed by atoms with Crippen LogP contribution in [0.3, 0.4) is 0 Å². The van der Waals surface area contributed by atoms with Crippen LogP contribution in [0.1, 0.15) is 12.8 Å². The fraction of sp³-hybridized carbons (Fsp3) is 0.300. The van der Waals surface area contributed by atoms with E-state index in [0.29, 0.717) is 11.6 Å². The second-order valence-corrected chi connectivity index (χ2v) is 6.85. The molecule has 0 unspecified atom stereocenters. The smallest absolute Gasteiger partial charge is 0.197 e. The lowest BCUT2D eigenvalue weighted by atomic mass is 10.0. The Hall–Kier alpha value is -3.06. The highest BCUT2D eigenvalue weighted by Gasteiger charge is 2.16. The Kier molecular flexibility index (Phi) is 4.14. The summed E-state index contributed by atoms with van der Waals surface area (Å²) >= 11 is 0. The summed E-state index contributed by atoms with van der Waals surface area (Å²) in [6, 6.07) is 10.1. The maximum absolute atomic E-state index is 5.46. The summed E-state index contributed by atoms with van der Waals surface area (Å²) in [5.74, 6) is 0.606. The summed E-state index contributed by atoms with van der Waals surface area (Å²) < 4.78 is 9.42. The van der Waals surface area contributed by atoms with Gasteiger partial charge in [-0.3, -0.25) is 0 Å². The van der Waals surface area contributed by atoms with Gasteiger partial charge in [-0.15, -0.1) is 0 Å². The number of benzene rings is 1. The van der Waals surface area contributed by atoms with Gasteiger partial charge in [0.2, 0.25) is 0 Å². The molecule has 0 spiro atoms. The molecule has 7 heteroatoms. The van der Waals surface area contributed by atoms with Gasteiger partial charge in [-0.05, 0) is 37.0 Å². The van der Waals surface area contributed by atoms with Gasteiger partial charge in [0.1, 0.15) is 0 Å². The molecule has 27 heavy (non-hydrogen) atoms. The van der Waals surface area contributed by atoms with E-state index in [0.717, 1.165) is 55.2 Å². The normalized spacial score (nSPS) is 15.4. The highest BCUT2D eigenvalue weighted by Crippen LogP contribution is 2.22. The first-order chi connectivity index (χ1) is 13.4. The second-order valence-electron chi connectivity index (χ2n) is 6.85. The number of hydrogen-bond acceptors (Lipinski definition) is 5. The van der Waals surface area contributed by atoms with Gasteiger partial charge in [0, 0.05) is 37.7 Å². The van der Waals surface area contributed by atoms with Crippen LogP contribution in [0.25, 0.3) is 28.2 Å². The summed E-state index contributed by atoms with van der Waals surface area (Å²) in [5, 5.41) is 4.26. The summed E-state index contributed by atoms with van der Waals surface area (Å²) in [4.78, 5) is 13.8. The molecule has 0 bridgehead atoms. The van der Waals surface area contributed by atoms with Crippen molar-refractivity contribution in [2.24, 2.45) is 5.92 Å². The maximum Gasteiger partial charge on any atom is 0.197 e. The third-order valence-corrected chi connectivity index (χ3v) is 5.05. The Labute approximate surface area is 156 Å². The molecule has 0 atom stereocenters. The van der Waals surface area contributed by atoms with E-state index < -0.39 is 0 Å². The highest BCUT2D eigenvalue weighted by molar-refractivity contribution is 5.71. The molecular formula is C20H20N6O. The largest absolute Gasteiger partial charge is 0.381 e. The number of aromatic nitrogens is 6. The lowest BCUT2D eigenvalue weighted by molar-refractivity contribution is 0.0615. The molecule has 3 aromatic heterocycles. The van der Waals surface area contributed by atoms with Crippen LogP contribution in [0.4, 0.5) is 0 Å². The van der Waals surface area contributed by atoms with Crippen molar-refractivity contribution in [2.45, 2.75) is 19.4 Å². The number of rotatable bonds is 4. The van der Waals surface area contributed by atoms with E-state index >= 15 is 0 Å². The van der Waals surface area contributed by atoms with Gasteiger partial charge >= 0.3 is 0 Å². The number of nitrogens with zero attached hydrogens (tertiary/aromatic N) is 6. The van der Waals surface area contributed by atoms with E-state index in [2.05, 4.69) is 19.6 Å². The first kappa shape index (κ1) is 16.1. The van der Waals surface area contributed by atoms with Gasteiger partial charge < -0.3 is 9.30 Å². The van der Waals surface area contributed by atoms with Gasteiger partial charge in [-0.2, -0.15) is 5.10 Å². The first-order valence-electron chi connectivity index (χ1n) is 9.23. The van der Waals surface area contributed by atoms with E-state index in [9.17, 15) is 0 Å². The number of hydrogen-bond donors (Lipinski definition) is 0. The predicted molar refractivity (Wildman–Crippen MR) is 101 cm³/mol. The van der Waals surface area contributed by atoms with Crippen molar-refractivity contribution < 1.29 is 4.74 Å². The minimum atomic E-state index is 0.606. The Morgan fingerprint density at radius 1 is 1.07 bits per heavy atom. The van der Waals surface area contributed by atoms with Crippen LogP contribution in [0.15, 0.2) is 55.2 Å². The van der Waals surface area contributed by atoms with Crippen LogP contribution in [0, 0.1) is 5.92 Å². The third-order valence-electron chi connectivity index (χ3n) is 5.05. The minimum Gasteiger partial charge on any atom is -0.381 e. The highest BCUT2D eigenvalue weighted by atomic mass is 16.5. The molecule has 7 nitrogen and oxygen atoms in total. The molecule has 1 aliphatic heterocycles. The topological polar surface area (TPSA) is 70.7 Å². The molecule has 1 saturated heterocycles. The van der Waals surface area contributed by atoms with Crippen LogP contribution in [-0.4, -0.2) is 42.5 Å². The standard InChI is InChI=1S/C20H20N6O/c1-8-23-26(9-1)17-4-2-16(3-5-17)18-12-21-19-20(24-18)25(14-22-19)13-15-6-10-27-11-7-15/h1-5,8-9,12,14-15H,6-7,10-11,13H2. The first-order valence-corrected chi connectivity index (χ1v) is 9.23. The van der Waals surface area contributed by atoms with Gasteiger partial charge in [-0.1, -0.05) is 12.1 Å². The van der Waals surface area contributed by atoms with E-state index in [1.807, 2.05) is 47.5 Å². The molecule has 0 saturated carbocycles. The van der Waals surface area contributed by atoms with E-state index in [1.165, 1.54) is 0 Å². The number of ether oxygens (including phenoxy) is 1. The predicted octanol–water partition coefficient (Wildman–Crippen LogP) is 3.11. The molecule has 4 aromatic rings. The molecule has 0 radical (unpaired) electrons. The van der Waals surface area contributed by atoms with Crippen molar-refractivity contribution in [3.05, 3.63) is 55.2 Å². The van der Waals surface area contributed by atoms with Crippen molar-refractivity contribution in [1.29, 1.82) is 0 Å². The zero-order valence-corrected chi connectivity index (χ0v) is 14.9. The maximum atomic E-state index is 5.46. The van der Waals surface area contributed by atoms with Crippen LogP contribution in [-0.2, 0) is 11.3 Å². The molecular weight excluding hydrogens is 340 g/mol. The van der Waals surface area contributed by atoms with Crippen molar-refractivity contribution in [3.63, 3.8) is 0 Å². The number of imidazole rings is 1. The SMILES string of the molecule is c1cnn(-c2ccc(-c3cnc4ncn(CC5CCOCC5)c4n3)cc2)c1. The fourth-order valence-electron chi connectivity index (χ4n) is 3.52. The lowest BCUT2D eigenvalue weighted by Gasteiger charge is -2.22. The van der Waals surface area contributed by atoms with Crippen LogP contribution in [0.5, 0.6) is 0 Å². The minimum absolute atomic E-state index is 0.606. The molecule has 0 N–H and O–H groups in total. The average molecular weight is 360 g/mol. The second kappa shape index (κ2) is 6.92. The van der Waals surface area contributed by atoms with Crippen LogP contribution in [0.2, 0.25) is 0 Å².